The van der Waals surface area contributed by atoms with E-state index in [2.05, 4.69) is 0 Å². The van der Waals surface area contributed by atoms with Crippen LogP contribution in [-0.4, -0.2) is 32.0 Å². The minimum absolute atomic E-state index is 0.192. The Labute approximate surface area is 67.9 Å². The number of rotatable bonds is 3. The van der Waals surface area contributed by atoms with Crippen molar-refractivity contribution < 1.29 is 9.47 Å². The molecular formula is C8H17NO2. The molecule has 11 heavy (non-hydrogen) atoms. The van der Waals surface area contributed by atoms with Gasteiger partial charge in [-0.05, 0) is 19.8 Å². The van der Waals surface area contributed by atoms with Gasteiger partial charge in [0.15, 0.2) is 0 Å². The van der Waals surface area contributed by atoms with Crippen LogP contribution >= 0.6 is 0 Å². The lowest BCUT2D eigenvalue weighted by molar-refractivity contribution is -0.0916. The van der Waals surface area contributed by atoms with E-state index in [1.807, 2.05) is 6.92 Å². The minimum atomic E-state index is -0.281. The first-order valence-corrected chi connectivity index (χ1v) is 4.10. The molecule has 66 valence electrons. The van der Waals surface area contributed by atoms with Gasteiger partial charge in [-0.15, -0.1) is 0 Å². The van der Waals surface area contributed by atoms with Gasteiger partial charge in [0, 0.05) is 20.3 Å². The lowest BCUT2D eigenvalue weighted by Crippen LogP contribution is -2.47. The van der Waals surface area contributed by atoms with Crippen LogP contribution in [0.4, 0.5) is 0 Å². The molecule has 0 aromatic carbocycles. The summed E-state index contributed by atoms with van der Waals surface area (Å²) in [4.78, 5) is 0. The first-order valence-electron chi connectivity index (χ1n) is 4.10. The van der Waals surface area contributed by atoms with Crippen molar-refractivity contribution in [2.75, 3.05) is 20.3 Å². The Morgan fingerprint density at radius 1 is 1.73 bits per heavy atom. The normalized spacial score (nSPS) is 30.3. The molecule has 1 saturated heterocycles. The highest BCUT2D eigenvalue weighted by Gasteiger charge is 2.35. The van der Waals surface area contributed by atoms with E-state index in [0.29, 0.717) is 6.54 Å². The van der Waals surface area contributed by atoms with Crippen molar-refractivity contribution in [2.24, 2.45) is 5.73 Å². The molecule has 3 heteroatoms. The van der Waals surface area contributed by atoms with Crippen molar-refractivity contribution in [1.82, 2.24) is 0 Å². The van der Waals surface area contributed by atoms with Crippen LogP contribution in [0.25, 0.3) is 0 Å². The summed E-state index contributed by atoms with van der Waals surface area (Å²) in [5.74, 6) is 0. The van der Waals surface area contributed by atoms with Crippen LogP contribution in [0.3, 0.4) is 0 Å². The monoisotopic (exact) mass is 159 g/mol. The molecule has 2 N–H and O–H groups in total. The summed E-state index contributed by atoms with van der Waals surface area (Å²) >= 11 is 0. The van der Waals surface area contributed by atoms with Gasteiger partial charge in [0.1, 0.15) is 5.60 Å². The zero-order valence-electron chi connectivity index (χ0n) is 7.30. The van der Waals surface area contributed by atoms with Crippen molar-refractivity contribution in [3.63, 3.8) is 0 Å². The third-order valence-corrected chi connectivity index (χ3v) is 2.48. The molecule has 3 nitrogen and oxygen atoms in total. The molecule has 1 aliphatic heterocycles. The third-order valence-electron chi connectivity index (χ3n) is 2.48. The van der Waals surface area contributed by atoms with Gasteiger partial charge in [0.2, 0.25) is 0 Å². The summed E-state index contributed by atoms with van der Waals surface area (Å²) in [7, 11) is 1.69. The number of hydrogen-bond donors (Lipinski definition) is 1. The molecule has 0 aliphatic carbocycles. The van der Waals surface area contributed by atoms with Crippen LogP contribution in [-0.2, 0) is 9.47 Å². The molecule has 0 radical (unpaired) electrons. The second-order valence-corrected chi connectivity index (χ2v) is 3.22. The highest BCUT2D eigenvalue weighted by atomic mass is 16.5. The Bertz CT molecular complexity index is 117. The molecule has 0 amide bonds. The van der Waals surface area contributed by atoms with E-state index in [4.69, 9.17) is 15.2 Å². The van der Waals surface area contributed by atoms with Gasteiger partial charge in [0.05, 0.1) is 6.10 Å². The van der Waals surface area contributed by atoms with Crippen LogP contribution in [0.2, 0.25) is 0 Å². The summed E-state index contributed by atoms with van der Waals surface area (Å²) < 4.78 is 10.8. The Morgan fingerprint density at radius 2 is 2.45 bits per heavy atom. The molecule has 0 saturated carbocycles. The summed E-state index contributed by atoms with van der Waals surface area (Å²) in [6.07, 6.45) is 2.39. The van der Waals surface area contributed by atoms with Crippen molar-refractivity contribution in [1.29, 1.82) is 0 Å². The molecule has 1 aliphatic rings. The van der Waals surface area contributed by atoms with Crippen LogP contribution in [0.1, 0.15) is 19.8 Å². The quantitative estimate of drug-likeness (QED) is 0.653. The highest BCUT2D eigenvalue weighted by molar-refractivity contribution is 4.88. The van der Waals surface area contributed by atoms with Crippen molar-refractivity contribution in [3.8, 4) is 0 Å². The van der Waals surface area contributed by atoms with Crippen LogP contribution in [0, 0.1) is 0 Å². The van der Waals surface area contributed by atoms with Gasteiger partial charge in [-0.1, -0.05) is 0 Å². The van der Waals surface area contributed by atoms with Gasteiger partial charge in [-0.3, -0.25) is 0 Å². The average Bonchev–Trinajstić information content (AvgIpc) is 2.55. The standard InChI is InChI=1S/C8H17NO2/c1-8(6-9,10-2)7-4-3-5-11-7/h7H,3-6,9H2,1-2H3. The molecule has 1 rings (SSSR count). The molecule has 2 atom stereocenters. The van der Waals surface area contributed by atoms with Crippen LogP contribution in [0.15, 0.2) is 0 Å². The Kier molecular flexibility index (Phi) is 2.87. The van der Waals surface area contributed by atoms with E-state index in [-0.39, 0.29) is 11.7 Å². The van der Waals surface area contributed by atoms with Gasteiger partial charge >= 0.3 is 0 Å². The minimum Gasteiger partial charge on any atom is -0.375 e. The van der Waals surface area contributed by atoms with Crippen LogP contribution < -0.4 is 5.73 Å². The summed E-state index contributed by atoms with van der Waals surface area (Å²) in [6, 6.07) is 0. The van der Waals surface area contributed by atoms with E-state index in [0.717, 1.165) is 19.4 Å². The molecule has 2 unspecified atom stereocenters. The topological polar surface area (TPSA) is 44.5 Å². The second-order valence-electron chi connectivity index (χ2n) is 3.22. The Balaban J connectivity index is 2.52. The molecule has 0 aromatic heterocycles. The molecule has 0 bridgehead atoms. The maximum absolute atomic E-state index is 5.59. The maximum Gasteiger partial charge on any atom is 0.103 e. The van der Waals surface area contributed by atoms with Crippen molar-refractivity contribution >= 4 is 0 Å². The smallest absolute Gasteiger partial charge is 0.103 e. The molecule has 0 spiro atoms. The van der Waals surface area contributed by atoms with E-state index in [1.54, 1.807) is 7.11 Å². The van der Waals surface area contributed by atoms with E-state index in [9.17, 15) is 0 Å². The van der Waals surface area contributed by atoms with Crippen molar-refractivity contribution in [2.45, 2.75) is 31.5 Å². The lowest BCUT2D eigenvalue weighted by atomic mass is 9.97. The van der Waals surface area contributed by atoms with E-state index < -0.39 is 0 Å². The van der Waals surface area contributed by atoms with Gasteiger partial charge in [-0.2, -0.15) is 0 Å². The Morgan fingerprint density at radius 3 is 2.82 bits per heavy atom. The number of hydrogen-bond acceptors (Lipinski definition) is 3. The largest absolute Gasteiger partial charge is 0.375 e. The summed E-state index contributed by atoms with van der Waals surface area (Å²) in [5.41, 5.74) is 5.31. The zero-order chi connectivity index (χ0) is 8.32. The van der Waals surface area contributed by atoms with E-state index in [1.165, 1.54) is 0 Å². The number of ether oxygens (including phenoxy) is 2. The third kappa shape index (κ3) is 1.72. The fraction of sp³-hybridized carbons (Fsp3) is 1.00. The van der Waals surface area contributed by atoms with E-state index >= 15 is 0 Å². The zero-order valence-corrected chi connectivity index (χ0v) is 7.30. The summed E-state index contributed by atoms with van der Waals surface area (Å²) in [5, 5.41) is 0. The first kappa shape index (κ1) is 8.97. The van der Waals surface area contributed by atoms with Gasteiger partial charge in [0.25, 0.3) is 0 Å². The molecule has 1 heterocycles. The fourth-order valence-corrected chi connectivity index (χ4v) is 1.41. The van der Waals surface area contributed by atoms with Crippen LogP contribution in [0.5, 0.6) is 0 Å². The van der Waals surface area contributed by atoms with Crippen molar-refractivity contribution in [3.05, 3.63) is 0 Å². The lowest BCUT2D eigenvalue weighted by Gasteiger charge is -2.31. The number of methoxy groups -OCH3 is 1. The number of nitrogens with two attached hydrogens (primary N) is 1. The Hall–Kier alpha value is -0.120. The van der Waals surface area contributed by atoms with Gasteiger partial charge < -0.3 is 15.2 Å². The highest BCUT2D eigenvalue weighted by Crippen LogP contribution is 2.25. The average molecular weight is 159 g/mol. The SMILES string of the molecule is COC(C)(CN)C1CCCO1. The van der Waals surface area contributed by atoms with Gasteiger partial charge in [-0.25, -0.2) is 0 Å². The summed E-state index contributed by atoms with van der Waals surface area (Å²) in [6.45, 7) is 3.38. The fourth-order valence-electron chi connectivity index (χ4n) is 1.41. The second kappa shape index (κ2) is 3.52. The molecule has 1 fully saturated rings. The molecule has 0 aromatic rings. The first-order chi connectivity index (χ1) is 5.23. The predicted molar refractivity (Wildman–Crippen MR) is 43.4 cm³/mol. The molecular weight excluding hydrogens is 142 g/mol. The maximum atomic E-state index is 5.59. The predicted octanol–water partition coefficient (Wildman–Crippen LogP) is 0.529.